The molecule has 0 heterocycles. The Labute approximate surface area is 127 Å². The molecule has 0 aliphatic carbocycles. The van der Waals surface area contributed by atoms with Crippen LogP contribution in [-0.2, 0) is 12.8 Å². The van der Waals surface area contributed by atoms with Crippen LogP contribution in [0, 0.1) is 0 Å². The summed E-state index contributed by atoms with van der Waals surface area (Å²) in [6.45, 7) is -1.08. The van der Waals surface area contributed by atoms with Crippen LogP contribution < -0.4 is 11.5 Å². The monoisotopic (exact) mass is 312 g/mol. The first-order valence-electron chi connectivity index (χ1n) is 6.64. The number of aliphatic hydroxyl groups excluding tert-OH is 4. The lowest BCUT2D eigenvalue weighted by Gasteiger charge is -2.18. The molecule has 8 N–H and O–H groups in total. The summed E-state index contributed by atoms with van der Waals surface area (Å²) in [6.07, 6.45) is -2.56. The van der Waals surface area contributed by atoms with Crippen molar-refractivity contribution >= 4 is 11.8 Å². The van der Waals surface area contributed by atoms with Crippen LogP contribution in [0.15, 0.2) is 12.1 Å². The van der Waals surface area contributed by atoms with Crippen LogP contribution in [-0.4, -0.2) is 57.7 Å². The molecule has 8 heteroatoms. The molecule has 0 fully saturated rings. The number of carbonyl (C=O) groups excluding carboxylic acids is 2. The number of aliphatic hydroxyl groups is 4. The second-order valence-corrected chi connectivity index (χ2v) is 4.94. The normalized spacial score (nSPS) is 13.6. The minimum Gasteiger partial charge on any atom is -0.394 e. The Hall–Kier alpha value is -2.00. The Bertz CT molecular complexity index is 561. The van der Waals surface area contributed by atoms with E-state index in [0.717, 1.165) is 0 Å². The number of hydrogen-bond donors (Lipinski definition) is 6. The molecule has 0 radical (unpaired) electrons. The molecule has 122 valence electrons. The van der Waals surface area contributed by atoms with E-state index in [1.165, 1.54) is 12.1 Å². The predicted molar refractivity (Wildman–Crippen MR) is 77.1 cm³/mol. The van der Waals surface area contributed by atoms with Gasteiger partial charge in [-0.05, 0) is 17.2 Å². The minimum absolute atomic E-state index is 0.00328. The summed E-state index contributed by atoms with van der Waals surface area (Å²) in [6, 6.07) is 2.77. The van der Waals surface area contributed by atoms with Crippen LogP contribution in [0.25, 0.3) is 0 Å². The predicted octanol–water partition coefficient (Wildman–Crippen LogP) is -2.32. The molecule has 1 aromatic carbocycles. The van der Waals surface area contributed by atoms with Crippen molar-refractivity contribution in [3.05, 3.63) is 34.4 Å². The highest BCUT2D eigenvalue weighted by atomic mass is 16.3. The van der Waals surface area contributed by atoms with Gasteiger partial charge in [-0.25, -0.2) is 0 Å². The van der Waals surface area contributed by atoms with E-state index in [0.29, 0.717) is 5.56 Å². The molecule has 0 aromatic heterocycles. The summed E-state index contributed by atoms with van der Waals surface area (Å²) in [5.41, 5.74) is 11.0. The van der Waals surface area contributed by atoms with Gasteiger partial charge in [0.1, 0.15) is 0 Å². The van der Waals surface area contributed by atoms with Crippen molar-refractivity contribution in [1.29, 1.82) is 0 Å². The zero-order valence-electron chi connectivity index (χ0n) is 11.9. The van der Waals surface area contributed by atoms with E-state index in [1.807, 2.05) is 0 Å². The molecule has 2 amide bonds. The van der Waals surface area contributed by atoms with Gasteiger partial charge in [-0.3, -0.25) is 9.59 Å². The van der Waals surface area contributed by atoms with E-state index in [9.17, 15) is 19.8 Å². The summed E-state index contributed by atoms with van der Waals surface area (Å²) in [4.78, 5) is 23.2. The number of nitrogens with two attached hydrogens (primary N) is 2. The van der Waals surface area contributed by atoms with Crippen molar-refractivity contribution in [1.82, 2.24) is 0 Å². The van der Waals surface area contributed by atoms with Crippen molar-refractivity contribution in [3.8, 4) is 0 Å². The van der Waals surface area contributed by atoms with Gasteiger partial charge in [0.05, 0.1) is 25.4 Å². The lowest BCUT2D eigenvalue weighted by molar-refractivity contribution is 0.0915. The molecule has 8 nitrogen and oxygen atoms in total. The quantitative estimate of drug-likeness (QED) is 0.315. The fourth-order valence-electron chi connectivity index (χ4n) is 2.23. The Morgan fingerprint density at radius 1 is 0.955 bits per heavy atom. The molecular formula is C14H20N2O6. The molecule has 22 heavy (non-hydrogen) atoms. The number of carbonyl (C=O) groups is 2. The van der Waals surface area contributed by atoms with Crippen molar-refractivity contribution in [2.45, 2.75) is 25.0 Å². The van der Waals surface area contributed by atoms with Crippen LogP contribution in [0.4, 0.5) is 0 Å². The van der Waals surface area contributed by atoms with Gasteiger partial charge in [-0.2, -0.15) is 0 Å². The topological polar surface area (TPSA) is 167 Å². The Morgan fingerprint density at radius 3 is 1.95 bits per heavy atom. The van der Waals surface area contributed by atoms with E-state index in [-0.39, 0.29) is 29.5 Å². The van der Waals surface area contributed by atoms with E-state index in [1.54, 1.807) is 0 Å². The summed E-state index contributed by atoms with van der Waals surface area (Å²) in [5, 5.41) is 37.0. The second kappa shape index (κ2) is 7.85. The number of hydrogen-bond acceptors (Lipinski definition) is 6. The van der Waals surface area contributed by atoms with Gasteiger partial charge < -0.3 is 31.9 Å². The fraction of sp³-hybridized carbons (Fsp3) is 0.429. The zero-order chi connectivity index (χ0) is 16.9. The molecule has 1 rings (SSSR count). The van der Waals surface area contributed by atoms with E-state index < -0.39 is 37.2 Å². The highest BCUT2D eigenvalue weighted by Gasteiger charge is 2.23. The maximum absolute atomic E-state index is 11.7. The van der Waals surface area contributed by atoms with Crippen molar-refractivity contribution < 1.29 is 30.0 Å². The highest BCUT2D eigenvalue weighted by molar-refractivity contribution is 6.02. The van der Waals surface area contributed by atoms with Crippen molar-refractivity contribution in [2.24, 2.45) is 11.5 Å². The number of primary amides is 2. The van der Waals surface area contributed by atoms with Gasteiger partial charge in [-0.15, -0.1) is 0 Å². The molecular weight excluding hydrogens is 292 g/mol. The molecule has 0 aliphatic heterocycles. The van der Waals surface area contributed by atoms with Gasteiger partial charge in [0, 0.05) is 24.0 Å². The van der Waals surface area contributed by atoms with Crippen molar-refractivity contribution in [3.63, 3.8) is 0 Å². The van der Waals surface area contributed by atoms with Gasteiger partial charge in [-0.1, -0.05) is 6.07 Å². The third-order valence-corrected chi connectivity index (χ3v) is 3.23. The maximum atomic E-state index is 11.7. The Kier molecular flexibility index (Phi) is 6.44. The summed E-state index contributed by atoms with van der Waals surface area (Å²) in [7, 11) is 0. The van der Waals surface area contributed by atoms with Crippen LogP contribution in [0.3, 0.4) is 0 Å². The fourth-order valence-corrected chi connectivity index (χ4v) is 2.23. The SMILES string of the molecule is NC(=O)c1ccc(CC(O)CO)c(C(N)=O)c1CC(O)CO. The molecule has 0 saturated carbocycles. The highest BCUT2D eigenvalue weighted by Crippen LogP contribution is 2.22. The van der Waals surface area contributed by atoms with Gasteiger partial charge >= 0.3 is 0 Å². The van der Waals surface area contributed by atoms with Crippen LogP contribution >= 0.6 is 0 Å². The molecule has 2 atom stereocenters. The number of amides is 2. The minimum atomic E-state index is -1.20. The molecule has 0 saturated heterocycles. The average molecular weight is 312 g/mol. The maximum Gasteiger partial charge on any atom is 0.249 e. The van der Waals surface area contributed by atoms with E-state index in [4.69, 9.17) is 21.7 Å². The molecule has 0 bridgehead atoms. The third kappa shape index (κ3) is 4.25. The third-order valence-electron chi connectivity index (χ3n) is 3.23. The van der Waals surface area contributed by atoms with E-state index >= 15 is 0 Å². The first-order chi connectivity index (χ1) is 10.3. The smallest absolute Gasteiger partial charge is 0.249 e. The van der Waals surface area contributed by atoms with Crippen LogP contribution in [0.5, 0.6) is 0 Å². The first-order valence-corrected chi connectivity index (χ1v) is 6.64. The van der Waals surface area contributed by atoms with Crippen LogP contribution in [0.1, 0.15) is 31.8 Å². The summed E-state index contributed by atoms with van der Waals surface area (Å²) >= 11 is 0. The van der Waals surface area contributed by atoms with Gasteiger partial charge in [0.25, 0.3) is 0 Å². The average Bonchev–Trinajstić information content (AvgIpc) is 2.46. The lowest BCUT2D eigenvalue weighted by Crippen LogP contribution is -2.27. The zero-order valence-corrected chi connectivity index (χ0v) is 11.9. The molecule has 2 unspecified atom stereocenters. The number of benzene rings is 1. The van der Waals surface area contributed by atoms with E-state index in [2.05, 4.69) is 0 Å². The Balaban J connectivity index is 3.46. The molecule has 1 aromatic rings. The summed E-state index contributed by atoms with van der Waals surface area (Å²) < 4.78 is 0. The van der Waals surface area contributed by atoms with Crippen molar-refractivity contribution in [2.75, 3.05) is 13.2 Å². The molecule has 0 spiro atoms. The molecule has 0 aliphatic rings. The Morgan fingerprint density at radius 2 is 1.50 bits per heavy atom. The largest absolute Gasteiger partial charge is 0.394 e. The number of rotatable bonds is 8. The van der Waals surface area contributed by atoms with Gasteiger partial charge in [0.15, 0.2) is 0 Å². The lowest BCUT2D eigenvalue weighted by atomic mass is 9.89. The van der Waals surface area contributed by atoms with Crippen LogP contribution in [0.2, 0.25) is 0 Å². The first kappa shape index (κ1) is 18.1. The second-order valence-electron chi connectivity index (χ2n) is 4.94. The summed E-state index contributed by atoms with van der Waals surface area (Å²) in [5.74, 6) is -1.67. The van der Waals surface area contributed by atoms with Gasteiger partial charge in [0.2, 0.25) is 11.8 Å². The standard InChI is InChI=1S/C14H20N2O6/c15-13(21)10-2-1-7(3-8(19)5-17)12(14(16)22)11(10)4-9(20)6-18/h1-2,8-9,17-20H,3-6H2,(H2,15,21)(H2,16,22).